The summed E-state index contributed by atoms with van der Waals surface area (Å²) in [7, 11) is -3.31. The molecule has 0 aliphatic carbocycles. The lowest BCUT2D eigenvalue weighted by atomic mass is 10.1. The van der Waals surface area contributed by atoms with Gasteiger partial charge in [-0.05, 0) is 49.3 Å². The van der Waals surface area contributed by atoms with Crippen LogP contribution in [-0.4, -0.2) is 50.2 Å². The number of nitrogens with zero attached hydrogens (tertiary/aromatic N) is 4. The number of nitrogens with one attached hydrogen (secondary N) is 1. The molecular formula is C30H42ClF2N5O2Si2. The highest BCUT2D eigenvalue weighted by molar-refractivity contribution is 6.76. The molecule has 3 heterocycles. The third-order valence-corrected chi connectivity index (χ3v) is 14.3. The number of anilines is 1. The normalized spacial score (nSPS) is 13.8. The van der Waals surface area contributed by atoms with E-state index in [0.717, 1.165) is 6.04 Å². The fraction of sp³-hybridized carbons (Fsp3) is 0.500. The van der Waals surface area contributed by atoms with E-state index in [4.69, 9.17) is 30.9 Å². The van der Waals surface area contributed by atoms with E-state index < -0.39 is 28.0 Å². The Bertz CT molecular complexity index is 1480. The van der Waals surface area contributed by atoms with E-state index in [-0.39, 0.29) is 28.3 Å². The minimum atomic E-state index is -2.03. The van der Waals surface area contributed by atoms with Crippen LogP contribution in [0.4, 0.5) is 20.2 Å². The summed E-state index contributed by atoms with van der Waals surface area (Å²) < 4.78 is 44.4. The van der Waals surface area contributed by atoms with Crippen molar-refractivity contribution in [2.75, 3.05) is 18.5 Å². The zero-order valence-corrected chi connectivity index (χ0v) is 28.8. The summed E-state index contributed by atoms with van der Waals surface area (Å²) in [5, 5.41) is 8.28. The van der Waals surface area contributed by atoms with E-state index in [2.05, 4.69) is 63.8 Å². The average molecular weight is 634 g/mol. The van der Waals surface area contributed by atoms with Crippen LogP contribution in [0.25, 0.3) is 11.3 Å². The summed E-state index contributed by atoms with van der Waals surface area (Å²) >= 11 is 6.60. The molecule has 3 aromatic rings. The molecule has 0 atom stereocenters. The van der Waals surface area contributed by atoms with Crippen LogP contribution in [0.15, 0.2) is 29.3 Å². The van der Waals surface area contributed by atoms with Gasteiger partial charge in [-0.25, -0.2) is 23.4 Å². The number of aliphatic imine (C=N–C) groups is 1. The molecule has 2 aromatic heterocycles. The Balaban J connectivity index is 1.82. The molecule has 0 bridgehead atoms. The molecule has 228 valence electrons. The summed E-state index contributed by atoms with van der Waals surface area (Å²) in [6.07, 6.45) is 0.435. The molecule has 1 N–H and O–H groups in total. The molecule has 0 saturated heterocycles. The molecule has 4 rings (SSSR count). The Morgan fingerprint density at radius 1 is 1.05 bits per heavy atom. The van der Waals surface area contributed by atoms with Crippen molar-refractivity contribution in [3.8, 4) is 11.3 Å². The van der Waals surface area contributed by atoms with Crippen LogP contribution in [0.3, 0.4) is 0 Å². The summed E-state index contributed by atoms with van der Waals surface area (Å²) in [4.78, 5) is 9.39. The number of amidine groups is 1. The Labute approximate surface area is 254 Å². The second-order valence-corrected chi connectivity index (χ2v) is 24.3. The van der Waals surface area contributed by atoms with Gasteiger partial charge in [0.1, 0.15) is 35.0 Å². The van der Waals surface area contributed by atoms with Gasteiger partial charge in [-0.3, -0.25) is 0 Å². The van der Waals surface area contributed by atoms with Crippen molar-refractivity contribution in [2.24, 2.45) is 4.99 Å². The smallest absolute Gasteiger partial charge is 0.191 e. The molecule has 1 aromatic carbocycles. The lowest BCUT2D eigenvalue weighted by molar-refractivity contribution is 0.0796. The van der Waals surface area contributed by atoms with Crippen molar-refractivity contribution in [1.82, 2.24) is 14.8 Å². The maximum absolute atomic E-state index is 15.1. The number of aryl methyl sites for hydroxylation is 1. The number of fused-ring (bicyclic) bond motifs is 3. The fourth-order valence-electron chi connectivity index (χ4n) is 4.39. The molecule has 1 aliphatic heterocycles. The Hall–Kier alpha value is -2.45. The SMILES string of the molecule is Cc1nn(COCC[Si](C)(C)C)c2c1N=C(c1c(F)cccc1F)Nc1c-2cc(Cl)nc1CCO[Si](C)(C)C(C)(C)C. The number of hydrogen-bond donors (Lipinski definition) is 1. The van der Waals surface area contributed by atoms with Gasteiger partial charge in [0.05, 0.1) is 28.3 Å². The first kappa shape index (κ1) is 32.5. The van der Waals surface area contributed by atoms with E-state index in [1.807, 2.05) is 6.92 Å². The number of aromatic nitrogens is 3. The Morgan fingerprint density at radius 3 is 2.33 bits per heavy atom. The van der Waals surface area contributed by atoms with Crippen molar-refractivity contribution in [3.05, 3.63) is 58.0 Å². The standard InChI is InChI=1S/C30H42ClF2N5O2Si2/c1-19-26-28(38(37-19)18-39-15-16-41(5,6)7)20-17-24(31)34-23(13-14-40-42(8,9)30(2,3)4)27(20)36-29(35-26)25-21(32)11-10-12-22(25)33/h10-12,17H,13-16,18H2,1-9H3,(H,35,36). The molecule has 0 unspecified atom stereocenters. The van der Waals surface area contributed by atoms with E-state index in [9.17, 15) is 0 Å². The second kappa shape index (κ2) is 12.3. The van der Waals surface area contributed by atoms with Crippen LogP contribution in [0.2, 0.25) is 49.0 Å². The number of benzene rings is 1. The van der Waals surface area contributed by atoms with Crippen molar-refractivity contribution >= 4 is 45.2 Å². The number of ether oxygens (including phenoxy) is 1. The predicted octanol–water partition coefficient (Wildman–Crippen LogP) is 8.57. The molecule has 42 heavy (non-hydrogen) atoms. The molecule has 0 spiro atoms. The lowest BCUT2D eigenvalue weighted by Crippen LogP contribution is -2.41. The van der Waals surface area contributed by atoms with Crippen molar-refractivity contribution in [1.29, 1.82) is 0 Å². The summed E-state index contributed by atoms with van der Waals surface area (Å²) in [5.74, 6) is -1.42. The van der Waals surface area contributed by atoms with E-state index in [0.29, 0.717) is 53.7 Å². The van der Waals surface area contributed by atoms with Gasteiger partial charge in [-0.1, -0.05) is 58.1 Å². The lowest BCUT2D eigenvalue weighted by Gasteiger charge is -2.36. The third-order valence-electron chi connectivity index (χ3n) is 7.90. The molecule has 0 fully saturated rings. The summed E-state index contributed by atoms with van der Waals surface area (Å²) in [6.45, 7) is 20.9. The maximum Gasteiger partial charge on any atom is 0.191 e. The first-order chi connectivity index (χ1) is 19.5. The van der Waals surface area contributed by atoms with Crippen LogP contribution < -0.4 is 5.32 Å². The highest BCUT2D eigenvalue weighted by atomic mass is 35.5. The third kappa shape index (κ3) is 7.19. The minimum absolute atomic E-state index is 0.0311. The van der Waals surface area contributed by atoms with Gasteiger partial charge in [0.15, 0.2) is 8.32 Å². The largest absolute Gasteiger partial charge is 0.416 e. The van der Waals surface area contributed by atoms with Gasteiger partial charge in [0, 0.05) is 33.3 Å². The maximum atomic E-state index is 15.1. The van der Waals surface area contributed by atoms with E-state index >= 15 is 8.78 Å². The van der Waals surface area contributed by atoms with Gasteiger partial charge in [-0.2, -0.15) is 5.10 Å². The Kier molecular flexibility index (Phi) is 9.49. The number of rotatable bonds is 10. The second-order valence-electron chi connectivity index (χ2n) is 13.5. The van der Waals surface area contributed by atoms with Crippen LogP contribution in [0.1, 0.15) is 37.7 Å². The van der Waals surface area contributed by atoms with Gasteiger partial charge in [-0.15, -0.1) is 0 Å². The van der Waals surface area contributed by atoms with Crippen LogP contribution in [0.5, 0.6) is 0 Å². The van der Waals surface area contributed by atoms with Gasteiger partial charge < -0.3 is 14.5 Å². The number of halogens is 3. The quantitative estimate of drug-likeness (QED) is 0.138. The average Bonchev–Trinajstić information content (AvgIpc) is 3.05. The number of pyridine rings is 1. The van der Waals surface area contributed by atoms with Gasteiger partial charge >= 0.3 is 0 Å². The van der Waals surface area contributed by atoms with Gasteiger partial charge in [0.2, 0.25) is 0 Å². The first-order valence-corrected chi connectivity index (χ1v) is 21.3. The monoisotopic (exact) mass is 633 g/mol. The first-order valence-electron chi connectivity index (χ1n) is 14.3. The van der Waals surface area contributed by atoms with Gasteiger partial charge in [0.25, 0.3) is 0 Å². The molecule has 0 saturated carbocycles. The van der Waals surface area contributed by atoms with E-state index in [1.165, 1.54) is 18.2 Å². The summed E-state index contributed by atoms with van der Waals surface area (Å²) in [5.41, 5.74) is 3.31. The fourth-order valence-corrected chi connectivity index (χ4v) is 6.40. The molecule has 1 aliphatic rings. The van der Waals surface area contributed by atoms with Crippen molar-refractivity contribution in [2.45, 2.75) is 84.7 Å². The zero-order chi connectivity index (χ0) is 31.0. The van der Waals surface area contributed by atoms with Crippen LogP contribution >= 0.6 is 11.6 Å². The molecule has 12 heteroatoms. The molecule has 0 amide bonds. The van der Waals surface area contributed by atoms with E-state index in [1.54, 1.807) is 10.7 Å². The number of hydrogen-bond acceptors (Lipinski definition) is 6. The van der Waals surface area contributed by atoms with Crippen molar-refractivity contribution in [3.63, 3.8) is 0 Å². The Morgan fingerprint density at radius 2 is 1.71 bits per heavy atom. The highest BCUT2D eigenvalue weighted by Gasteiger charge is 2.37. The molecule has 7 nitrogen and oxygen atoms in total. The van der Waals surface area contributed by atoms with Crippen LogP contribution in [-0.2, 0) is 22.3 Å². The summed E-state index contributed by atoms with van der Waals surface area (Å²) in [6, 6.07) is 6.50. The highest BCUT2D eigenvalue weighted by Crippen LogP contribution is 2.43. The molecule has 0 radical (unpaired) electrons. The topological polar surface area (TPSA) is 73.6 Å². The minimum Gasteiger partial charge on any atom is -0.416 e. The molecular weight excluding hydrogens is 592 g/mol. The van der Waals surface area contributed by atoms with Crippen LogP contribution in [0, 0.1) is 18.6 Å². The van der Waals surface area contributed by atoms with Crippen molar-refractivity contribution < 1.29 is 17.9 Å². The predicted molar refractivity (Wildman–Crippen MR) is 172 cm³/mol. The zero-order valence-electron chi connectivity index (χ0n) is 26.1.